The summed E-state index contributed by atoms with van der Waals surface area (Å²) < 4.78 is 5.72. The van der Waals surface area contributed by atoms with E-state index in [-0.39, 0.29) is 11.9 Å². The molecule has 0 aliphatic carbocycles. The highest BCUT2D eigenvalue weighted by Gasteiger charge is 2.17. The molecule has 0 bridgehead atoms. The largest absolute Gasteiger partial charge is 0.495 e. The van der Waals surface area contributed by atoms with Gasteiger partial charge in [0.2, 0.25) is 0 Å². The zero-order valence-corrected chi connectivity index (χ0v) is 11.9. The molecule has 5 heteroatoms. The van der Waals surface area contributed by atoms with Gasteiger partial charge in [-0.3, -0.25) is 4.79 Å². The molecule has 0 unspecified atom stereocenters. The van der Waals surface area contributed by atoms with E-state index < -0.39 is 0 Å². The van der Waals surface area contributed by atoms with Crippen LogP contribution in [0.2, 0.25) is 0 Å². The van der Waals surface area contributed by atoms with Crippen LogP contribution in [0.5, 0.6) is 5.75 Å². The second-order valence-electron chi connectivity index (χ2n) is 3.66. The summed E-state index contributed by atoms with van der Waals surface area (Å²) in [6.07, 6.45) is 3.37. The van der Waals surface area contributed by atoms with Crippen LogP contribution in [0.1, 0.15) is 37.2 Å². The summed E-state index contributed by atoms with van der Waals surface area (Å²) in [6.45, 7) is 4.09. The van der Waals surface area contributed by atoms with Crippen LogP contribution in [0.15, 0.2) is 16.7 Å². The van der Waals surface area contributed by atoms with Gasteiger partial charge in [0.15, 0.2) is 0 Å². The van der Waals surface area contributed by atoms with Crippen molar-refractivity contribution in [3.05, 3.63) is 22.4 Å². The second-order valence-corrected chi connectivity index (χ2v) is 4.46. The number of rotatable bonds is 5. The molecule has 94 valence electrons. The van der Waals surface area contributed by atoms with E-state index in [1.165, 1.54) is 0 Å². The van der Waals surface area contributed by atoms with Crippen molar-refractivity contribution >= 4 is 21.8 Å². The van der Waals surface area contributed by atoms with Crippen molar-refractivity contribution in [2.75, 3.05) is 7.11 Å². The van der Waals surface area contributed by atoms with Crippen molar-refractivity contribution in [2.24, 2.45) is 0 Å². The van der Waals surface area contributed by atoms with Gasteiger partial charge in [-0.2, -0.15) is 0 Å². The van der Waals surface area contributed by atoms with Gasteiger partial charge in [-0.25, -0.2) is 4.98 Å². The number of aromatic nitrogens is 1. The average molecular weight is 301 g/mol. The van der Waals surface area contributed by atoms with Crippen LogP contribution < -0.4 is 10.1 Å². The maximum Gasteiger partial charge on any atom is 0.271 e. The lowest BCUT2D eigenvalue weighted by Gasteiger charge is -2.15. The molecular formula is C12H17BrN2O2. The van der Waals surface area contributed by atoms with E-state index in [9.17, 15) is 4.79 Å². The smallest absolute Gasteiger partial charge is 0.271 e. The van der Waals surface area contributed by atoms with E-state index in [2.05, 4.69) is 26.2 Å². The lowest BCUT2D eigenvalue weighted by molar-refractivity contribution is 0.0928. The third-order valence-corrected chi connectivity index (χ3v) is 3.38. The highest BCUT2D eigenvalue weighted by molar-refractivity contribution is 9.10. The summed E-state index contributed by atoms with van der Waals surface area (Å²) in [4.78, 5) is 16.1. The molecule has 1 amide bonds. The lowest BCUT2D eigenvalue weighted by Crippen LogP contribution is -2.34. The number of halogens is 1. The summed E-state index contributed by atoms with van der Waals surface area (Å²) in [5, 5.41) is 2.94. The van der Waals surface area contributed by atoms with Crippen LogP contribution in [0, 0.1) is 0 Å². The Kier molecular flexibility index (Phi) is 5.41. The van der Waals surface area contributed by atoms with Crippen LogP contribution >= 0.6 is 15.9 Å². The van der Waals surface area contributed by atoms with E-state index in [4.69, 9.17) is 4.74 Å². The fraction of sp³-hybridized carbons (Fsp3) is 0.500. The predicted octanol–water partition coefficient (Wildman–Crippen LogP) is 2.77. The molecule has 1 heterocycles. The Hall–Kier alpha value is -1.10. The lowest BCUT2D eigenvalue weighted by atomic mass is 10.1. The fourth-order valence-electron chi connectivity index (χ4n) is 1.49. The van der Waals surface area contributed by atoms with Crippen molar-refractivity contribution in [3.63, 3.8) is 0 Å². The van der Waals surface area contributed by atoms with Crippen molar-refractivity contribution < 1.29 is 9.53 Å². The molecule has 17 heavy (non-hydrogen) atoms. The molecule has 0 radical (unpaired) electrons. The number of carbonyl (C=O) groups excluding carboxylic acids is 1. The molecule has 1 aromatic rings. The van der Waals surface area contributed by atoms with Crippen molar-refractivity contribution in [1.82, 2.24) is 10.3 Å². The van der Waals surface area contributed by atoms with Gasteiger partial charge in [-0.15, -0.1) is 0 Å². The summed E-state index contributed by atoms with van der Waals surface area (Å²) in [7, 11) is 1.56. The minimum absolute atomic E-state index is 0.176. The van der Waals surface area contributed by atoms with Gasteiger partial charge >= 0.3 is 0 Å². The molecule has 1 aromatic heterocycles. The number of nitrogens with one attached hydrogen (secondary N) is 1. The van der Waals surface area contributed by atoms with Crippen LogP contribution in [0.25, 0.3) is 0 Å². The number of amides is 1. The number of ether oxygens (including phenoxy) is 1. The van der Waals surface area contributed by atoms with Crippen molar-refractivity contribution in [1.29, 1.82) is 0 Å². The van der Waals surface area contributed by atoms with E-state index >= 15 is 0 Å². The van der Waals surface area contributed by atoms with E-state index in [1.807, 2.05) is 13.8 Å². The van der Waals surface area contributed by atoms with Crippen LogP contribution in [0.4, 0.5) is 0 Å². The number of hydrogen-bond donors (Lipinski definition) is 1. The molecule has 0 saturated heterocycles. The van der Waals surface area contributed by atoms with Crippen LogP contribution in [-0.2, 0) is 0 Å². The third kappa shape index (κ3) is 3.43. The number of nitrogens with zero attached hydrogens (tertiary/aromatic N) is 1. The average Bonchev–Trinajstić information content (AvgIpc) is 2.35. The first kappa shape index (κ1) is 14.0. The molecule has 0 aliphatic heterocycles. The normalized spacial score (nSPS) is 10.4. The monoisotopic (exact) mass is 300 g/mol. The molecule has 0 fully saturated rings. The van der Waals surface area contributed by atoms with E-state index in [0.717, 1.165) is 12.8 Å². The first-order valence-electron chi connectivity index (χ1n) is 5.63. The summed E-state index contributed by atoms with van der Waals surface area (Å²) in [5.41, 5.74) is 0.358. The quantitative estimate of drug-likeness (QED) is 0.910. The van der Waals surface area contributed by atoms with E-state index in [0.29, 0.717) is 15.9 Å². The van der Waals surface area contributed by atoms with Crippen molar-refractivity contribution in [3.8, 4) is 5.75 Å². The highest BCUT2D eigenvalue weighted by atomic mass is 79.9. The van der Waals surface area contributed by atoms with Gasteiger partial charge in [-0.1, -0.05) is 13.8 Å². The Morgan fingerprint density at radius 1 is 1.53 bits per heavy atom. The van der Waals surface area contributed by atoms with Gasteiger partial charge < -0.3 is 10.1 Å². The highest BCUT2D eigenvalue weighted by Crippen LogP contribution is 2.26. The number of hydrogen-bond acceptors (Lipinski definition) is 3. The van der Waals surface area contributed by atoms with E-state index in [1.54, 1.807) is 19.4 Å². The number of carbonyl (C=O) groups is 1. The maximum absolute atomic E-state index is 12.0. The Bertz CT molecular complexity index is 392. The molecular weight excluding hydrogens is 284 g/mol. The molecule has 0 spiro atoms. The topological polar surface area (TPSA) is 51.2 Å². The minimum atomic E-state index is -0.176. The number of pyridine rings is 1. The Morgan fingerprint density at radius 3 is 2.71 bits per heavy atom. The zero-order valence-electron chi connectivity index (χ0n) is 10.3. The van der Waals surface area contributed by atoms with Gasteiger partial charge in [0.25, 0.3) is 5.91 Å². The minimum Gasteiger partial charge on any atom is -0.495 e. The van der Waals surface area contributed by atoms with Crippen molar-refractivity contribution in [2.45, 2.75) is 32.7 Å². The first-order valence-corrected chi connectivity index (χ1v) is 6.42. The summed E-state index contributed by atoms with van der Waals surface area (Å²) in [5.74, 6) is 0.430. The third-order valence-electron chi connectivity index (χ3n) is 2.61. The van der Waals surface area contributed by atoms with Gasteiger partial charge in [0, 0.05) is 12.2 Å². The second kappa shape index (κ2) is 6.59. The molecule has 0 atom stereocenters. The molecule has 0 saturated carbocycles. The van der Waals surface area contributed by atoms with Gasteiger partial charge in [0.1, 0.15) is 11.4 Å². The SMILES string of the molecule is CCC(CC)NC(=O)c1nccc(OC)c1Br. The van der Waals surface area contributed by atoms with Crippen LogP contribution in [-0.4, -0.2) is 24.0 Å². The van der Waals surface area contributed by atoms with Crippen LogP contribution in [0.3, 0.4) is 0 Å². The zero-order chi connectivity index (χ0) is 12.8. The summed E-state index contributed by atoms with van der Waals surface area (Å²) in [6, 6.07) is 1.89. The molecule has 0 aromatic carbocycles. The molecule has 4 nitrogen and oxygen atoms in total. The molecule has 1 N–H and O–H groups in total. The maximum atomic E-state index is 12.0. The first-order chi connectivity index (χ1) is 8.13. The molecule has 1 rings (SSSR count). The van der Waals surface area contributed by atoms with Gasteiger partial charge in [0.05, 0.1) is 11.6 Å². The number of methoxy groups -OCH3 is 1. The predicted molar refractivity (Wildman–Crippen MR) is 70.3 cm³/mol. The Balaban J connectivity index is 2.89. The Morgan fingerprint density at radius 2 is 2.18 bits per heavy atom. The fourth-order valence-corrected chi connectivity index (χ4v) is 2.07. The summed E-state index contributed by atoms with van der Waals surface area (Å²) >= 11 is 3.33. The van der Waals surface area contributed by atoms with Gasteiger partial charge in [-0.05, 0) is 34.8 Å². The standard InChI is InChI=1S/C12H17BrN2O2/c1-4-8(5-2)15-12(16)11-10(13)9(17-3)6-7-14-11/h6-8H,4-5H2,1-3H3,(H,15,16). The Labute approximate surface area is 110 Å². The molecule has 0 aliphatic rings.